The smallest absolute Gasteiger partial charge is 0.238 e. The second-order valence-electron chi connectivity index (χ2n) is 15.5. The Morgan fingerprint density at radius 1 is 0.344 bits per heavy atom. The monoisotopic (exact) mass is 780 g/mol. The third kappa shape index (κ3) is 5.19. The molecule has 0 aliphatic carbocycles. The standard InChI is InChI=1S/C55H32N4O2/c1-2-13-36(14-3-1)53-56-54(37-28-30-42-41-16-6-8-21-46(41)61-49(42)32-37)58-55(57-53)59-45-31-29-33-12-4-5-15-38(33)50(45)44-20-10-19-40(52(44)59)35-26-24-34(25-27-35)39-18-11-23-48-51(39)43-17-7-9-22-47(43)60-48/h1-32H. The summed E-state index contributed by atoms with van der Waals surface area (Å²) in [6.07, 6.45) is 0. The van der Waals surface area contributed by atoms with Crippen LogP contribution in [-0.4, -0.2) is 19.5 Å². The van der Waals surface area contributed by atoms with E-state index in [4.69, 9.17) is 23.8 Å². The van der Waals surface area contributed by atoms with Gasteiger partial charge < -0.3 is 8.83 Å². The van der Waals surface area contributed by atoms with Crippen molar-refractivity contribution in [3.05, 3.63) is 194 Å². The fourth-order valence-corrected chi connectivity index (χ4v) is 9.30. The lowest BCUT2D eigenvalue weighted by molar-refractivity contribution is 0.668. The molecule has 13 aromatic rings. The van der Waals surface area contributed by atoms with E-state index in [1.165, 1.54) is 10.8 Å². The second kappa shape index (κ2) is 13.1. The predicted molar refractivity (Wildman–Crippen MR) is 248 cm³/mol. The van der Waals surface area contributed by atoms with Crippen LogP contribution in [0.3, 0.4) is 0 Å². The van der Waals surface area contributed by atoms with E-state index in [2.05, 4.69) is 126 Å². The minimum atomic E-state index is 0.534. The Morgan fingerprint density at radius 2 is 0.934 bits per heavy atom. The Hall–Kier alpha value is -8.35. The van der Waals surface area contributed by atoms with Crippen molar-refractivity contribution in [2.75, 3.05) is 0 Å². The number of hydrogen-bond donors (Lipinski definition) is 0. The summed E-state index contributed by atoms with van der Waals surface area (Å²) >= 11 is 0. The molecular weight excluding hydrogens is 749 g/mol. The number of rotatable bonds is 5. The van der Waals surface area contributed by atoms with Crippen molar-refractivity contribution in [2.24, 2.45) is 0 Å². The third-order valence-electron chi connectivity index (χ3n) is 12.1. The van der Waals surface area contributed by atoms with Gasteiger partial charge in [0, 0.05) is 49.0 Å². The Balaban J connectivity index is 1.06. The topological polar surface area (TPSA) is 69.9 Å². The van der Waals surface area contributed by atoms with Crippen LogP contribution in [0.25, 0.3) is 127 Å². The molecule has 0 radical (unpaired) electrons. The van der Waals surface area contributed by atoms with Gasteiger partial charge in [0.1, 0.15) is 22.3 Å². The Morgan fingerprint density at radius 3 is 1.77 bits per heavy atom. The molecular formula is C55H32N4O2. The molecule has 0 saturated heterocycles. The highest BCUT2D eigenvalue weighted by Crippen LogP contribution is 2.43. The number of fused-ring (bicyclic) bond motifs is 11. The van der Waals surface area contributed by atoms with E-state index in [0.29, 0.717) is 17.6 Å². The van der Waals surface area contributed by atoms with Crippen molar-refractivity contribution in [1.29, 1.82) is 0 Å². The Kier molecular flexibility index (Phi) is 7.21. The Bertz CT molecular complexity index is 3880. The molecule has 0 saturated carbocycles. The van der Waals surface area contributed by atoms with Crippen LogP contribution in [0.15, 0.2) is 203 Å². The number of aromatic nitrogens is 4. The highest BCUT2D eigenvalue weighted by atomic mass is 16.3. The molecule has 0 N–H and O–H groups in total. The number of hydrogen-bond acceptors (Lipinski definition) is 5. The lowest BCUT2D eigenvalue weighted by Crippen LogP contribution is -2.07. The van der Waals surface area contributed by atoms with Crippen LogP contribution >= 0.6 is 0 Å². The largest absolute Gasteiger partial charge is 0.456 e. The maximum Gasteiger partial charge on any atom is 0.238 e. The quantitative estimate of drug-likeness (QED) is 0.174. The maximum atomic E-state index is 6.34. The summed E-state index contributed by atoms with van der Waals surface area (Å²) in [5.41, 5.74) is 11.6. The summed E-state index contributed by atoms with van der Waals surface area (Å²) in [4.78, 5) is 15.8. The molecule has 0 aliphatic heterocycles. The maximum absolute atomic E-state index is 6.34. The first-order valence-electron chi connectivity index (χ1n) is 20.4. The van der Waals surface area contributed by atoms with Crippen molar-refractivity contribution in [2.45, 2.75) is 0 Å². The molecule has 0 spiro atoms. The van der Waals surface area contributed by atoms with Gasteiger partial charge in [-0.25, -0.2) is 4.98 Å². The molecule has 4 aromatic heterocycles. The normalized spacial score (nSPS) is 11.9. The van der Waals surface area contributed by atoms with Gasteiger partial charge in [-0.05, 0) is 63.9 Å². The summed E-state index contributed by atoms with van der Waals surface area (Å²) in [7, 11) is 0. The number of para-hydroxylation sites is 3. The zero-order valence-corrected chi connectivity index (χ0v) is 32.6. The first-order chi connectivity index (χ1) is 30.2. The zero-order chi connectivity index (χ0) is 40.0. The van der Waals surface area contributed by atoms with Gasteiger partial charge in [0.15, 0.2) is 11.6 Å². The summed E-state index contributed by atoms with van der Waals surface area (Å²) in [5, 5.41) is 8.98. The third-order valence-corrected chi connectivity index (χ3v) is 12.1. The van der Waals surface area contributed by atoms with E-state index >= 15 is 0 Å². The van der Waals surface area contributed by atoms with Gasteiger partial charge >= 0.3 is 0 Å². The minimum absolute atomic E-state index is 0.534. The first-order valence-corrected chi connectivity index (χ1v) is 20.4. The molecule has 6 nitrogen and oxygen atoms in total. The van der Waals surface area contributed by atoms with Crippen LogP contribution in [-0.2, 0) is 0 Å². The van der Waals surface area contributed by atoms with Crippen molar-refractivity contribution in [3.8, 4) is 51.0 Å². The lowest BCUT2D eigenvalue weighted by Gasteiger charge is -2.13. The summed E-state index contributed by atoms with van der Waals surface area (Å²) in [6, 6.07) is 67.5. The van der Waals surface area contributed by atoms with Gasteiger partial charge in [-0.1, -0.05) is 158 Å². The molecule has 284 valence electrons. The molecule has 6 heteroatoms. The molecule has 0 fully saturated rings. The van der Waals surface area contributed by atoms with E-state index in [-0.39, 0.29) is 0 Å². The second-order valence-corrected chi connectivity index (χ2v) is 15.5. The van der Waals surface area contributed by atoms with Gasteiger partial charge in [-0.3, -0.25) is 4.57 Å². The van der Waals surface area contributed by atoms with Crippen LogP contribution < -0.4 is 0 Å². The van der Waals surface area contributed by atoms with E-state index in [1.807, 2.05) is 72.8 Å². The van der Waals surface area contributed by atoms with E-state index < -0.39 is 0 Å². The van der Waals surface area contributed by atoms with Gasteiger partial charge in [0.2, 0.25) is 5.95 Å². The summed E-state index contributed by atoms with van der Waals surface area (Å²) in [5.74, 6) is 1.68. The highest BCUT2D eigenvalue weighted by molar-refractivity contribution is 6.23. The zero-order valence-electron chi connectivity index (χ0n) is 32.6. The predicted octanol–water partition coefficient (Wildman–Crippen LogP) is 14.6. The van der Waals surface area contributed by atoms with Gasteiger partial charge in [-0.15, -0.1) is 0 Å². The van der Waals surface area contributed by atoms with Crippen LogP contribution in [0.2, 0.25) is 0 Å². The Labute approximate surface area is 348 Å². The molecule has 0 amide bonds. The van der Waals surface area contributed by atoms with Crippen LogP contribution in [0.1, 0.15) is 0 Å². The van der Waals surface area contributed by atoms with E-state index in [9.17, 15) is 0 Å². The number of nitrogens with zero attached hydrogens (tertiary/aromatic N) is 4. The van der Waals surface area contributed by atoms with Crippen LogP contribution in [0, 0.1) is 0 Å². The minimum Gasteiger partial charge on any atom is -0.456 e. The fraction of sp³-hybridized carbons (Fsp3) is 0. The molecule has 61 heavy (non-hydrogen) atoms. The molecule has 13 rings (SSSR count). The van der Waals surface area contributed by atoms with Crippen LogP contribution in [0.5, 0.6) is 0 Å². The SMILES string of the molecule is c1ccc(-c2nc(-c3ccc4c(c3)oc3ccccc34)nc(-n3c4ccc5ccccc5c4c4cccc(-c5ccc(-c6cccc7oc8ccccc8c67)cc5)c43)n2)cc1. The van der Waals surface area contributed by atoms with Gasteiger partial charge in [-0.2, -0.15) is 9.97 Å². The molecule has 9 aromatic carbocycles. The molecule has 4 heterocycles. The number of benzene rings is 9. The van der Waals surface area contributed by atoms with Gasteiger partial charge in [0.05, 0.1) is 11.0 Å². The average Bonchev–Trinajstić information content (AvgIpc) is 4.01. The van der Waals surface area contributed by atoms with E-state index in [1.54, 1.807) is 0 Å². The van der Waals surface area contributed by atoms with Gasteiger partial charge in [0.25, 0.3) is 0 Å². The van der Waals surface area contributed by atoms with E-state index in [0.717, 1.165) is 99.1 Å². The lowest BCUT2D eigenvalue weighted by atomic mass is 9.96. The fourth-order valence-electron chi connectivity index (χ4n) is 9.30. The number of furan rings is 2. The summed E-state index contributed by atoms with van der Waals surface area (Å²) < 4.78 is 14.8. The first kappa shape index (κ1) is 33.6. The summed E-state index contributed by atoms with van der Waals surface area (Å²) in [6.45, 7) is 0. The van der Waals surface area contributed by atoms with Crippen molar-refractivity contribution >= 4 is 76.5 Å². The van der Waals surface area contributed by atoms with Crippen molar-refractivity contribution in [3.63, 3.8) is 0 Å². The molecule has 0 bridgehead atoms. The average molecular weight is 781 g/mol. The van der Waals surface area contributed by atoms with Crippen molar-refractivity contribution < 1.29 is 8.83 Å². The molecule has 0 aliphatic rings. The highest BCUT2D eigenvalue weighted by Gasteiger charge is 2.23. The van der Waals surface area contributed by atoms with Crippen LogP contribution in [0.4, 0.5) is 0 Å². The van der Waals surface area contributed by atoms with Crippen molar-refractivity contribution in [1.82, 2.24) is 19.5 Å². The molecule has 0 unspecified atom stereocenters. The molecule has 0 atom stereocenters.